The molecular weight excluding hydrogens is 228 g/mol. The van der Waals surface area contributed by atoms with E-state index in [1.54, 1.807) is 4.68 Å². The largest absolute Gasteiger partial charge is 0.378 e. The number of nitrogens with zero attached hydrogens (tertiary/aromatic N) is 5. The number of likely N-dealkylation sites (N-methyl/N-ethyl adjacent to an activating group) is 1. The molecule has 1 heterocycles. The Balaban J connectivity index is 2.23. The van der Waals surface area contributed by atoms with Crippen LogP contribution in [-0.2, 0) is 6.42 Å². The minimum Gasteiger partial charge on any atom is -0.378 e. The summed E-state index contributed by atoms with van der Waals surface area (Å²) in [5, 5.41) is 14.9. The maximum absolute atomic E-state index is 4.04. The van der Waals surface area contributed by atoms with E-state index in [0.29, 0.717) is 0 Å². The molecule has 0 aliphatic carbocycles. The SMILES string of the molecule is CNCCc1nnnn1-c1ccc(N(C)C)cc1. The van der Waals surface area contributed by atoms with E-state index in [2.05, 4.69) is 37.9 Å². The lowest BCUT2D eigenvalue weighted by Gasteiger charge is -2.12. The van der Waals surface area contributed by atoms with Crippen molar-refractivity contribution < 1.29 is 0 Å². The third-order valence-corrected chi connectivity index (χ3v) is 2.74. The topological polar surface area (TPSA) is 58.9 Å². The molecule has 0 fully saturated rings. The predicted molar refractivity (Wildman–Crippen MR) is 71.1 cm³/mol. The Morgan fingerprint density at radius 3 is 2.56 bits per heavy atom. The molecule has 0 aliphatic heterocycles. The van der Waals surface area contributed by atoms with Crippen LogP contribution in [0.25, 0.3) is 5.69 Å². The maximum atomic E-state index is 4.04. The Morgan fingerprint density at radius 2 is 1.94 bits per heavy atom. The van der Waals surface area contributed by atoms with Crippen molar-refractivity contribution in [3.8, 4) is 5.69 Å². The molecule has 1 aromatic heterocycles. The summed E-state index contributed by atoms with van der Waals surface area (Å²) >= 11 is 0. The van der Waals surface area contributed by atoms with Gasteiger partial charge >= 0.3 is 0 Å². The molecule has 0 atom stereocenters. The van der Waals surface area contributed by atoms with Gasteiger partial charge in [-0.2, -0.15) is 4.68 Å². The number of aromatic nitrogens is 4. The van der Waals surface area contributed by atoms with E-state index in [9.17, 15) is 0 Å². The summed E-state index contributed by atoms with van der Waals surface area (Å²) in [5.41, 5.74) is 2.14. The van der Waals surface area contributed by atoms with Crippen LogP contribution < -0.4 is 10.2 Å². The molecule has 0 amide bonds. The standard InChI is InChI=1S/C12H18N6/c1-13-9-8-12-14-15-16-18(12)11-6-4-10(5-7-11)17(2)3/h4-7,13H,8-9H2,1-3H3. The Labute approximate surface area is 107 Å². The normalized spacial score (nSPS) is 10.6. The van der Waals surface area contributed by atoms with Crippen molar-refractivity contribution >= 4 is 5.69 Å². The molecule has 2 aromatic rings. The van der Waals surface area contributed by atoms with Gasteiger partial charge in [0.1, 0.15) is 0 Å². The van der Waals surface area contributed by atoms with Crippen molar-refractivity contribution in [1.82, 2.24) is 25.5 Å². The van der Waals surface area contributed by atoms with Crippen molar-refractivity contribution in [3.05, 3.63) is 30.1 Å². The number of hydrogen-bond donors (Lipinski definition) is 1. The van der Waals surface area contributed by atoms with E-state index < -0.39 is 0 Å². The van der Waals surface area contributed by atoms with Gasteiger partial charge in [-0.3, -0.25) is 0 Å². The van der Waals surface area contributed by atoms with E-state index in [0.717, 1.165) is 30.2 Å². The zero-order valence-corrected chi connectivity index (χ0v) is 11.0. The predicted octanol–water partition coefficient (Wildman–Crippen LogP) is 0.490. The number of benzene rings is 1. The molecule has 96 valence electrons. The van der Waals surface area contributed by atoms with Gasteiger partial charge in [0.25, 0.3) is 0 Å². The second kappa shape index (κ2) is 5.59. The third kappa shape index (κ3) is 2.65. The van der Waals surface area contributed by atoms with Crippen LogP contribution in [0, 0.1) is 0 Å². The summed E-state index contributed by atoms with van der Waals surface area (Å²) in [4.78, 5) is 2.06. The molecule has 0 bridgehead atoms. The molecule has 0 unspecified atom stereocenters. The lowest BCUT2D eigenvalue weighted by molar-refractivity contribution is 0.716. The lowest BCUT2D eigenvalue weighted by atomic mass is 10.2. The summed E-state index contributed by atoms with van der Waals surface area (Å²) in [6.07, 6.45) is 0.804. The van der Waals surface area contributed by atoms with Gasteiger partial charge in [-0.1, -0.05) is 0 Å². The van der Waals surface area contributed by atoms with Crippen LogP contribution in [0.2, 0.25) is 0 Å². The first-order valence-corrected chi connectivity index (χ1v) is 5.92. The Kier molecular flexibility index (Phi) is 3.88. The van der Waals surface area contributed by atoms with Crippen LogP contribution in [0.15, 0.2) is 24.3 Å². The molecule has 1 aromatic carbocycles. The van der Waals surface area contributed by atoms with Crippen molar-refractivity contribution in [2.45, 2.75) is 6.42 Å². The van der Waals surface area contributed by atoms with E-state index in [4.69, 9.17) is 0 Å². The highest BCUT2D eigenvalue weighted by Gasteiger charge is 2.07. The Hall–Kier alpha value is -1.95. The summed E-state index contributed by atoms with van der Waals surface area (Å²) in [5.74, 6) is 0.863. The van der Waals surface area contributed by atoms with Gasteiger partial charge in [0, 0.05) is 32.7 Å². The van der Waals surface area contributed by atoms with Gasteiger partial charge in [-0.15, -0.1) is 5.10 Å². The number of hydrogen-bond acceptors (Lipinski definition) is 5. The van der Waals surface area contributed by atoms with Crippen LogP contribution in [0.4, 0.5) is 5.69 Å². The smallest absolute Gasteiger partial charge is 0.157 e. The van der Waals surface area contributed by atoms with Crippen LogP contribution in [0.5, 0.6) is 0 Å². The Morgan fingerprint density at radius 1 is 1.22 bits per heavy atom. The minimum absolute atomic E-state index is 0.804. The molecule has 0 radical (unpaired) electrons. The molecule has 0 saturated carbocycles. The summed E-state index contributed by atoms with van der Waals surface area (Å²) in [7, 11) is 5.95. The van der Waals surface area contributed by atoms with Gasteiger partial charge in [-0.25, -0.2) is 0 Å². The quantitative estimate of drug-likeness (QED) is 0.832. The van der Waals surface area contributed by atoms with E-state index >= 15 is 0 Å². The van der Waals surface area contributed by atoms with Gasteiger partial charge in [0.05, 0.1) is 5.69 Å². The third-order valence-electron chi connectivity index (χ3n) is 2.74. The zero-order chi connectivity index (χ0) is 13.0. The second-order valence-electron chi connectivity index (χ2n) is 4.27. The first-order chi connectivity index (χ1) is 8.72. The number of rotatable bonds is 5. The highest BCUT2D eigenvalue weighted by Crippen LogP contribution is 2.15. The average molecular weight is 246 g/mol. The monoisotopic (exact) mass is 246 g/mol. The fraction of sp³-hybridized carbons (Fsp3) is 0.417. The number of nitrogens with one attached hydrogen (secondary N) is 1. The first-order valence-electron chi connectivity index (χ1n) is 5.92. The maximum Gasteiger partial charge on any atom is 0.157 e. The van der Waals surface area contributed by atoms with E-state index in [-0.39, 0.29) is 0 Å². The van der Waals surface area contributed by atoms with Crippen LogP contribution in [0.1, 0.15) is 5.82 Å². The van der Waals surface area contributed by atoms with Crippen molar-refractivity contribution in [2.24, 2.45) is 0 Å². The van der Waals surface area contributed by atoms with Gasteiger partial charge in [0.15, 0.2) is 5.82 Å². The Bertz CT molecular complexity index is 488. The van der Waals surface area contributed by atoms with Crippen LogP contribution in [0.3, 0.4) is 0 Å². The van der Waals surface area contributed by atoms with Crippen LogP contribution >= 0.6 is 0 Å². The highest BCUT2D eigenvalue weighted by atomic mass is 15.5. The molecule has 0 aliphatic rings. The fourth-order valence-corrected chi connectivity index (χ4v) is 1.69. The van der Waals surface area contributed by atoms with Gasteiger partial charge in [-0.05, 0) is 41.7 Å². The molecule has 2 rings (SSSR count). The molecule has 18 heavy (non-hydrogen) atoms. The van der Waals surface area contributed by atoms with Gasteiger partial charge in [0.2, 0.25) is 0 Å². The fourth-order valence-electron chi connectivity index (χ4n) is 1.69. The molecule has 0 spiro atoms. The van der Waals surface area contributed by atoms with Crippen molar-refractivity contribution in [2.75, 3.05) is 32.6 Å². The zero-order valence-electron chi connectivity index (χ0n) is 11.0. The van der Waals surface area contributed by atoms with Gasteiger partial charge < -0.3 is 10.2 Å². The summed E-state index contributed by atoms with van der Waals surface area (Å²) in [6.45, 7) is 0.857. The van der Waals surface area contributed by atoms with E-state index in [1.165, 1.54) is 0 Å². The first kappa shape index (κ1) is 12.5. The number of tetrazole rings is 1. The lowest BCUT2D eigenvalue weighted by Crippen LogP contribution is -2.14. The average Bonchev–Trinajstić information content (AvgIpc) is 2.84. The molecule has 6 nitrogen and oxygen atoms in total. The van der Waals surface area contributed by atoms with E-state index in [1.807, 2.05) is 33.3 Å². The molecule has 1 N–H and O–H groups in total. The molecule has 6 heteroatoms. The minimum atomic E-state index is 0.804. The molecule has 0 saturated heterocycles. The van der Waals surface area contributed by atoms with Crippen molar-refractivity contribution in [3.63, 3.8) is 0 Å². The number of anilines is 1. The molecular formula is C12H18N6. The second-order valence-corrected chi connectivity index (χ2v) is 4.27. The summed E-state index contributed by atoms with van der Waals surface area (Å²) in [6, 6.07) is 8.15. The van der Waals surface area contributed by atoms with Crippen LogP contribution in [-0.4, -0.2) is 47.9 Å². The highest BCUT2D eigenvalue weighted by molar-refractivity contribution is 5.49. The van der Waals surface area contributed by atoms with Crippen molar-refractivity contribution in [1.29, 1.82) is 0 Å². The summed E-state index contributed by atoms with van der Waals surface area (Å²) < 4.78 is 1.77.